The molecule has 1 aromatic carbocycles. The molecular formula is C25H34N4O3. The molecule has 0 saturated carbocycles. The van der Waals surface area contributed by atoms with E-state index in [2.05, 4.69) is 35.9 Å². The topological polar surface area (TPSA) is 78.5 Å². The van der Waals surface area contributed by atoms with Gasteiger partial charge in [-0.05, 0) is 37.0 Å². The van der Waals surface area contributed by atoms with Gasteiger partial charge in [0.25, 0.3) is 5.56 Å². The van der Waals surface area contributed by atoms with Gasteiger partial charge in [0, 0.05) is 51.0 Å². The maximum absolute atomic E-state index is 12.9. The molecule has 0 radical (unpaired) electrons. The molecule has 4 rings (SSSR count). The number of nitrogens with one attached hydrogen (secondary N) is 1. The zero-order valence-electron chi connectivity index (χ0n) is 19.4. The summed E-state index contributed by atoms with van der Waals surface area (Å²) in [5.41, 5.74) is 2.86. The van der Waals surface area contributed by atoms with E-state index in [9.17, 15) is 9.59 Å². The number of H-pyrrole nitrogens is 1. The summed E-state index contributed by atoms with van der Waals surface area (Å²) in [5, 5.41) is 0. The molecule has 3 heterocycles. The van der Waals surface area contributed by atoms with E-state index in [-0.39, 0.29) is 23.3 Å². The van der Waals surface area contributed by atoms with Gasteiger partial charge in [-0.15, -0.1) is 0 Å². The second kappa shape index (κ2) is 9.86. The monoisotopic (exact) mass is 438 g/mol. The van der Waals surface area contributed by atoms with Crippen LogP contribution in [0.2, 0.25) is 0 Å². The molecule has 172 valence electrons. The van der Waals surface area contributed by atoms with E-state index in [1.807, 2.05) is 17.0 Å². The van der Waals surface area contributed by atoms with Crippen LogP contribution >= 0.6 is 0 Å². The van der Waals surface area contributed by atoms with Crippen molar-refractivity contribution in [3.63, 3.8) is 0 Å². The van der Waals surface area contributed by atoms with Crippen LogP contribution < -0.4 is 10.3 Å². The van der Waals surface area contributed by atoms with Gasteiger partial charge >= 0.3 is 0 Å². The first kappa shape index (κ1) is 22.5. The van der Waals surface area contributed by atoms with Gasteiger partial charge in [-0.1, -0.05) is 26.0 Å². The molecule has 1 saturated heterocycles. The molecular weight excluding hydrogens is 404 g/mol. The number of likely N-dealkylation sites (tertiary alicyclic amines) is 1. The number of aromatic nitrogens is 2. The number of amides is 1. The summed E-state index contributed by atoms with van der Waals surface area (Å²) < 4.78 is 5.23. The van der Waals surface area contributed by atoms with E-state index in [0.717, 1.165) is 68.1 Å². The number of carbonyl (C=O) groups excluding carboxylic acids is 1. The molecule has 0 spiro atoms. The summed E-state index contributed by atoms with van der Waals surface area (Å²) in [5.74, 6) is 2.05. The van der Waals surface area contributed by atoms with E-state index in [0.29, 0.717) is 13.1 Å². The predicted molar refractivity (Wildman–Crippen MR) is 124 cm³/mol. The summed E-state index contributed by atoms with van der Waals surface area (Å²) in [6.45, 7) is 7.81. The Morgan fingerprint density at radius 2 is 1.97 bits per heavy atom. The number of hydrogen-bond acceptors (Lipinski definition) is 5. The highest BCUT2D eigenvalue weighted by atomic mass is 16.5. The van der Waals surface area contributed by atoms with Crippen molar-refractivity contribution in [2.75, 3.05) is 26.7 Å². The number of fused-ring (bicyclic) bond motifs is 1. The van der Waals surface area contributed by atoms with E-state index in [1.54, 1.807) is 7.11 Å². The number of hydrogen-bond donors (Lipinski definition) is 1. The third-order valence-electron chi connectivity index (χ3n) is 6.95. The number of methoxy groups -OCH3 is 1. The van der Waals surface area contributed by atoms with Crippen molar-refractivity contribution in [2.45, 2.75) is 58.5 Å². The molecule has 0 bridgehead atoms. The minimum atomic E-state index is -0.0331. The van der Waals surface area contributed by atoms with Crippen LogP contribution in [-0.2, 0) is 24.3 Å². The Labute approximate surface area is 189 Å². The van der Waals surface area contributed by atoms with Crippen LogP contribution in [0.3, 0.4) is 0 Å². The highest BCUT2D eigenvalue weighted by Crippen LogP contribution is 2.28. The van der Waals surface area contributed by atoms with Gasteiger partial charge in [0.15, 0.2) is 0 Å². The standard InChI is InChI=1S/C25H34N4O3/c1-4-18(5-2)25(31)29-13-10-19(15-29)23-26-22-11-12-28(16-21(22)24(30)27-23)14-17-6-8-20(32-3)9-7-17/h6-9,18-19H,4-5,10-16H2,1-3H3,(H,26,27,30)/t19-/m1/s1. The Morgan fingerprint density at radius 3 is 2.66 bits per heavy atom. The van der Waals surface area contributed by atoms with Crippen LogP contribution in [0.5, 0.6) is 5.75 Å². The summed E-state index contributed by atoms with van der Waals surface area (Å²) in [7, 11) is 1.66. The zero-order chi connectivity index (χ0) is 22.7. The third-order valence-corrected chi connectivity index (χ3v) is 6.95. The van der Waals surface area contributed by atoms with Crippen LogP contribution in [0.15, 0.2) is 29.1 Å². The fourth-order valence-corrected chi connectivity index (χ4v) is 4.90. The average Bonchev–Trinajstić information content (AvgIpc) is 3.31. The molecule has 32 heavy (non-hydrogen) atoms. The second-order valence-corrected chi connectivity index (χ2v) is 8.97. The SMILES string of the molecule is CCC(CC)C(=O)N1CC[C@@H](c2nc3c(c(=O)[nH]2)CN(Cc2ccc(OC)cc2)CC3)C1. The molecule has 0 aliphatic carbocycles. The Kier molecular flexibility index (Phi) is 6.94. The normalized spacial score (nSPS) is 18.8. The second-order valence-electron chi connectivity index (χ2n) is 8.97. The predicted octanol–water partition coefficient (Wildman–Crippen LogP) is 3.09. The highest BCUT2D eigenvalue weighted by Gasteiger charge is 2.32. The minimum absolute atomic E-state index is 0.0331. The maximum Gasteiger partial charge on any atom is 0.255 e. The van der Waals surface area contributed by atoms with Crippen molar-refractivity contribution in [1.29, 1.82) is 0 Å². The van der Waals surface area contributed by atoms with Gasteiger partial charge in [-0.2, -0.15) is 0 Å². The number of ether oxygens (including phenoxy) is 1. The van der Waals surface area contributed by atoms with Crippen LogP contribution in [0.1, 0.15) is 61.7 Å². The number of aromatic amines is 1. The average molecular weight is 439 g/mol. The van der Waals surface area contributed by atoms with Crippen LogP contribution in [-0.4, -0.2) is 52.4 Å². The fourth-order valence-electron chi connectivity index (χ4n) is 4.90. The Hall–Kier alpha value is -2.67. The van der Waals surface area contributed by atoms with Gasteiger partial charge < -0.3 is 14.6 Å². The number of nitrogens with zero attached hydrogens (tertiary/aromatic N) is 3. The number of rotatable bonds is 7. The molecule has 1 fully saturated rings. The first-order chi connectivity index (χ1) is 15.5. The summed E-state index contributed by atoms with van der Waals surface area (Å²) in [6.07, 6.45) is 3.37. The highest BCUT2D eigenvalue weighted by molar-refractivity contribution is 5.79. The van der Waals surface area contributed by atoms with Gasteiger partial charge in [-0.25, -0.2) is 4.98 Å². The van der Waals surface area contributed by atoms with Crippen LogP contribution in [0.25, 0.3) is 0 Å². The smallest absolute Gasteiger partial charge is 0.255 e. The van der Waals surface area contributed by atoms with Crippen molar-refractivity contribution >= 4 is 5.91 Å². The summed E-state index contributed by atoms with van der Waals surface area (Å²) in [6, 6.07) is 8.06. The molecule has 1 aromatic heterocycles. The maximum atomic E-state index is 12.9. The van der Waals surface area contributed by atoms with E-state index < -0.39 is 0 Å². The third kappa shape index (κ3) is 4.72. The van der Waals surface area contributed by atoms with Crippen LogP contribution in [0, 0.1) is 5.92 Å². The first-order valence-electron chi connectivity index (χ1n) is 11.8. The van der Waals surface area contributed by atoms with E-state index in [1.165, 1.54) is 5.56 Å². The van der Waals surface area contributed by atoms with E-state index >= 15 is 0 Å². The molecule has 2 aliphatic rings. The van der Waals surface area contributed by atoms with Crippen molar-refractivity contribution in [2.24, 2.45) is 5.92 Å². The van der Waals surface area contributed by atoms with Crippen molar-refractivity contribution < 1.29 is 9.53 Å². The number of benzene rings is 1. The van der Waals surface area contributed by atoms with Crippen molar-refractivity contribution in [3.05, 3.63) is 57.3 Å². The van der Waals surface area contributed by atoms with E-state index in [4.69, 9.17) is 9.72 Å². The molecule has 7 heteroatoms. The zero-order valence-corrected chi connectivity index (χ0v) is 19.4. The van der Waals surface area contributed by atoms with Gasteiger partial charge in [-0.3, -0.25) is 14.5 Å². The summed E-state index contributed by atoms with van der Waals surface area (Å²) in [4.78, 5) is 37.8. The lowest BCUT2D eigenvalue weighted by molar-refractivity contribution is -0.134. The minimum Gasteiger partial charge on any atom is -0.497 e. The Bertz CT molecular complexity index is 997. The Morgan fingerprint density at radius 1 is 1.22 bits per heavy atom. The fraction of sp³-hybridized carbons (Fsp3) is 0.560. The molecule has 0 unspecified atom stereocenters. The van der Waals surface area contributed by atoms with Crippen molar-refractivity contribution in [3.8, 4) is 5.75 Å². The summed E-state index contributed by atoms with van der Waals surface area (Å²) >= 11 is 0. The molecule has 2 aromatic rings. The Balaban J connectivity index is 1.43. The lowest BCUT2D eigenvalue weighted by Gasteiger charge is -2.28. The lowest BCUT2D eigenvalue weighted by Crippen LogP contribution is -2.36. The lowest BCUT2D eigenvalue weighted by atomic mass is 10.0. The molecule has 1 N–H and O–H groups in total. The van der Waals surface area contributed by atoms with Crippen molar-refractivity contribution in [1.82, 2.24) is 19.8 Å². The van der Waals surface area contributed by atoms with Gasteiger partial charge in [0.05, 0.1) is 18.4 Å². The first-order valence-corrected chi connectivity index (χ1v) is 11.8. The largest absolute Gasteiger partial charge is 0.497 e. The van der Waals surface area contributed by atoms with Gasteiger partial charge in [0.1, 0.15) is 11.6 Å². The molecule has 1 atom stereocenters. The number of carbonyl (C=O) groups is 1. The molecule has 2 aliphatic heterocycles. The molecule has 1 amide bonds. The van der Waals surface area contributed by atoms with Crippen LogP contribution in [0.4, 0.5) is 0 Å². The quantitative estimate of drug-likeness (QED) is 0.719. The van der Waals surface area contributed by atoms with Gasteiger partial charge in [0.2, 0.25) is 5.91 Å². The molecule has 7 nitrogen and oxygen atoms in total.